The van der Waals surface area contributed by atoms with Crippen molar-refractivity contribution in [3.63, 3.8) is 0 Å². The molecule has 1 aromatic heterocycles. The normalized spacial score (nSPS) is 10.0. The number of nitrogens with zero attached hydrogens (tertiary/aromatic N) is 2. The van der Waals surface area contributed by atoms with Crippen LogP contribution >= 0.6 is 11.3 Å². The minimum Gasteiger partial charge on any atom is -0.452 e. The molecule has 0 unspecified atom stereocenters. The zero-order valence-electron chi connectivity index (χ0n) is 18.8. The number of esters is 1. The molecule has 0 spiro atoms. The van der Waals surface area contributed by atoms with Gasteiger partial charge in [0.1, 0.15) is 17.1 Å². The Hall–Kier alpha value is -4.22. The van der Waals surface area contributed by atoms with Crippen LogP contribution in [0.2, 0.25) is 0 Å². The molecule has 3 rings (SSSR count). The van der Waals surface area contributed by atoms with Gasteiger partial charge in [0.25, 0.3) is 5.91 Å². The highest BCUT2D eigenvalue weighted by molar-refractivity contribution is 7.15. The SMILES string of the molecule is CC(C)=CC(=O)Nc1scc(-c2ccccc2)c1C(=O)OCC(=O)N(CC#N)c1ccccc1. The van der Waals surface area contributed by atoms with Gasteiger partial charge in [0.2, 0.25) is 5.91 Å². The number of rotatable bonds is 8. The van der Waals surface area contributed by atoms with Crippen molar-refractivity contribution < 1.29 is 19.1 Å². The molecule has 2 aromatic carbocycles. The van der Waals surface area contributed by atoms with Crippen molar-refractivity contribution in [2.45, 2.75) is 13.8 Å². The molecule has 0 fully saturated rings. The summed E-state index contributed by atoms with van der Waals surface area (Å²) < 4.78 is 5.36. The lowest BCUT2D eigenvalue weighted by atomic mass is 10.0. The van der Waals surface area contributed by atoms with E-state index in [0.29, 0.717) is 16.3 Å². The Balaban J connectivity index is 1.85. The summed E-state index contributed by atoms with van der Waals surface area (Å²) in [6.07, 6.45) is 1.43. The summed E-state index contributed by atoms with van der Waals surface area (Å²) in [5, 5.41) is 13.9. The first kappa shape index (κ1) is 24.4. The fourth-order valence-electron chi connectivity index (χ4n) is 3.17. The molecule has 0 bridgehead atoms. The lowest BCUT2D eigenvalue weighted by molar-refractivity contribution is -0.121. The van der Waals surface area contributed by atoms with Crippen molar-refractivity contribution in [1.29, 1.82) is 5.26 Å². The van der Waals surface area contributed by atoms with Crippen LogP contribution < -0.4 is 10.2 Å². The van der Waals surface area contributed by atoms with Crippen LogP contribution in [0.5, 0.6) is 0 Å². The largest absolute Gasteiger partial charge is 0.452 e. The topological polar surface area (TPSA) is 99.5 Å². The van der Waals surface area contributed by atoms with E-state index in [9.17, 15) is 14.4 Å². The number of amides is 2. The fraction of sp³-hybridized carbons (Fsp3) is 0.154. The molecule has 0 aliphatic heterocycles. The van der Waals surface area contributed by atoms with E-state index < -0.39 is 18.5 Å². The molecule has 2 amide bonds. The van der Waals surface area contributed by atoms with E-state index in [2.05, 4.69) is 5.32 Å². The molecule has 0 aliphatic carbocycles. The van der Waals surface area contributed by atoms with Gasteiger partial charge in [0.15, 0.2) is 6.61 Å². The number of ether oxygens (including phenoxy) is 1. The Morgan fingerprint density at radius 3 is 2.32 bits per heavy atom. The third-order valence-corrected chi connectivity index (χ3v) is 5.56. The summed E-state index contributed by atoms with van der Waals surface area (Å²) in [6, 6.07) is 19.9. The third-order valence-electron chi connectivity index (χ3n) is 4.66. The molecule has 1 N–H and O–H groups in total. The highest BCUT2D eigenvalue weighted by atomic mass is 32.1. The Morgan fingerprint density at radius 2 is 1.71 bits per heavy atom. The molecule has 3 aromatic rings. The van der Waals surface area contributed by atoms with Crippen LogP contribution in [0.3, 0.4) is 0 Å². The Morgan fingerprint density at radius 1 is 1.06 bits per heavy atom. The van der Waals surface area contributed by atoms with E-state index in [1.807, 2.05) is 36.4 Å². The lowest BCUT2D eigenvalue weighted by Gasteiger charge is -2.19. The quantitative estimate of drug-likeness (QED) is 0.281. The van der Waals surface area contributed by atoms with Gasteiger partial charge in [0.05, 0.1) is 6.07 Å². The lowest BCUT2D eigenvalue weighted by Crippen LogP contribution is -2.35. The highest BCUT2D eigenvalue weighted by Crippen LogP contribution is 2.36. The van der Waals surface area contributed by atoms with E-state index in [1.54, 1.807) is 49.6 Å². The van der Waals surface area contributed by atoms with Crippen LogP contribution in [-0.2, 0) is 14.3 Å². The molecule has 34 heavy (non-hydrogen) atoms. The summed E-state index contributed by atoms with van der Waals surface area (Å²) in [6.45, 7) is 2.85. The molecule has 0 radical (unpaired) electrons. The van der Waals surface area contributed by atoms with Crippen molar-refractivity contribution in [2.24, 2.45) is 0 Å². The number of nitriles is 1. The summed E-state index contributed by atoms with van der Waals surface area (Å²) in [4.78, 5) is 39.4. The van der Waals surface area contributed by atoms with Crippen molar-refractivity contribution >= 4 is 39.8 Å². The van der Waals surface area contributed by atoms with Gasteiger partial charge in [-0.15, -0.1) is 11.3 Å². The standard InChI is InChI=1S/C26H23N3O4S/c1-18(2)15-22(30)28-25-24(21(17-34-25)19-9-5-3-6-10-19)26(32)33-16-23(31)29(14-13-27)20-11-7-4-8-12-20/h3-12,15,17H,14,16H2,1-2H3,(H,28,30). The fourth-order valence-corrected chi connectivity index (χ4v) is 4.13. The van der Waals surface area contributed by atoms with Crippen LogP contribution in [0.15, 0.2) is 77.7 Å². The van der Waals surface area contributed by atoms with Gasteiger partial charge in [-0.05, 0) is 31.5 Å². The number of thiophene rings is 1. The maximum Gasteiger partial charge on any atom is 0.342 e. The second-order valence-corrected chi connectivity index (χ2v) is 8.36. The van der Waals surface area contributed by atoms with Crippen LogP contribution in [0.4, 0.5) is 10.7 Å². The monoisotopic (exact) mass is 473 g/mol. The molecular formula is C26H23N3O4S. The number of carbonyl (C=O) groups is 3. The van der Waals surface area contributed by atoms with Gasteiger partial charge in [-0.1, -0.05) is 54.1 Å². The van der Waals surface area contributed by atoms with E-state index in [0.717, 1.165) is 11.1 Å². The molecule has 0 atom stereocenters. The average molecular weight is 474 g/mol. The van der Waals surface area contributed by atoms with Gasteiger partial charge in [0, 0.05) is 22.7 Å². The first-order valence-electron chi connectivity index (χ1n) is 10.4. The Bertz CT molecular complexity index is 1240. The van der Waals surface area contributed by atoms with Crippen LogP contribution in [-0.4, -0.2) is 30.9 Å². The molecule has 0 saturated heterocycles. The van der Waals surface area contributed by atoms with Crippen LogP contribution in [0, 0.1) is 11.3 Å². The Kier molecular flexibility index (Phi) is 8.32. The zero-order chi connectivity index (χ0) is 24.5. The number of para-hydroxylation sites is 1. The van der Waals surface area contributed by atoms with Gasteiger partial charge in [-0.3, -0.25) is 14.5 Å². The Labute approximate surface area is 201 Å². The molecular weight excluding hydrogens is 450 g/mol. The third kappa shape index (κ3) is 6.18. The summed E-state index contributed by atoms with van der Waals surface area (Å²) in [7, 11) is 0. The second kappa shape index (κ2) is 11.6. The first-order chi connectivity index (χ1) is 16.4. The molecule has 7 nitrogen and oxygen atoms in total. The van der Waals surface area contributed by atoms with E-state index in [4.69, 9.17) is 10.00 Å². The van der Waals surface area contributed by atoms with Crippen LogP contribution in [0.25, 0.3) is 11.1 Å². The van der Waals surface area contributed by atoms with Gasteiger partial charge < -0.3 is 10.1 Å². The smallest absolute Gasteiger partial charge is 0.342 e. The van der Waals surface area contributed by atoms with Crippen molar-refractivity contribution in [3.05, 3.63) is 83.3 Å². The molecule has 0 aliphatic rings. The van der Waals surface area contributed by atoms with E-state index in [1.165, 1.54) is 22.3 Å². The van der Waals surface area contributed by atoms with Crippen LogP contribution in [0.1, 0.15) is 24.2 Å². The number of nitrogens with one attached hydrogen (secondary N) is 1. The maximum atomic E-state index is 13.1. The van der Waals surface area contributed by atoms with E-state index >= 15 is 0 Å². The van der Waals surface area contributed by atoms with Gasteiger partial charge in [-0.2, -0.15) is 5.26 Å². The molecule has 8 heteroatoms. The first-order valence-corrected chi connectivity index (χ1v) is 11.3. The minimum absolute atomic E-state index is 0.172. The summed E-state index contributed by atoms with van der Waals surface area (Å²) in [5.74, 6) is -1.64. The molecule has 1 heterocycles. The number of anilines is 2. The van der Waals surface area contributed by atoms with E-state index in [-0.39, 0.29) is 18.0 Å². The molecule has 172 valence electrons. The van der Waals surface area contributed by atoms with Crippen molar-refractivity contribution in [3.8, 4) is 17.2 Å². The van der Waals surface area contributed by atoms with Gasteiger partial charge in [-0.25, -0.2) is 4.79 Å². The number of carbonyl (C=O) groups excluding carboxylic acids is 3. The highest BCUT2D eigenvalue weighted by Gasteiger charge is 2.25. The van der Waals surface area contributed by atoms with Gasteiger partial charge >= 0.3 is 5.97 Å². The molecule has 0 saturated carbocycles. The summed E-state index contributed by atoms with van der Waals surface area (Å²) in [5.41, 5.74) is 2.87. The maximum absolute atomic E-state index is 13.1. The number of hydrogen-bond acceptors (Lipinski definition) is 6. The predicted molar refractivity (Wildman–Crippen MR) is 133 cm³/mol. The number of benzene rings is 2. The average Bonchev–Trinajstić information content (AvgIpc) is 3.24. The predicted octanol–water partition coefficient (Wildman–Crippen LogP) is 5.03. The summed E-state index contributed by atoms with van der Waals surface area (Å²) >= 11 is 1.20. The number of hydrogen-bond donors (Lipinski definition) is 1. The zero-order valence-corrected chi connectivity index (χ0v) is 19.6. The minimum atomic E-state index is -0.745. The van der Waals surface area contributed by atoms with Crippen molar-refractivity contribution in [1.82, 2.24) is 0 Å². The number of allylic oxidation sites excluding steroid dienone is 1. The van der Waals surface area contributed by atoms with Crippen molar-refractivity contribution in [2.75, 3.05) is 23.4 Å². The second-order valence-electron chi connectivity index (χ2n) is 7.48.